The second-order valence-electron chi connectivity index (χ2n) is 5.47. The summed E-state index contributed by atoms with van der Waals surface area (Å²) in [4.78, 5) is 16.4. The van der Waals surface area contributed by atoms with E-state index in [2.05, 4.69) is 20.5 Å². The number of ether oxygens (including phenoxy) is 1. The maximum absolute atomic E-state index is 12.2. The SMILES string of the molecule is O=C(Nc1nnc(C2CC2)s1)c1ccc(Oc2ccccc2)nc1. The minimum Gasteiger partial charge on any atom is -0.439 e. The Labute approximate surface area is 142 Å². The van der Waals surface area contributed by atoms with Crippen LogP contribution in [0, 0.1) is 0 Å². The summed E-state index contributed by atoms with van der Waals surface area (Å²) in [6.45, 7) is 0. The number of aromatic nitrogens is 3. The lowest BCUT2D eigenvalue weighted by molar-refractivity contribution is 0.102. The molecule has 1 aromatic carbocycles. The van der Waals surface area contributed by atoms with Gasteiger partial charge in [0.25, 0.3) is 5.91 Å². The molecular weight excluding hydrogens is 324 g/mol. The Kier molecular flexibility index (Phi) is 3.92. The van der Waals surface area contributed by atoms with E-state index in [1.165, 1.54) is 17.5 Å². The molecule has 2 aromatic heterocycles. The van der Waals surface area contributed by atoms with E-state index in [-0.39, 0.29) is 5.91 Å². The molecule has 7 heteroatoms. The molecule has 0 spiro atoms. The zero-order chi connectivity index (χ0) is 16.4. The number of benzene rings is 1. The average Bonchev–Trinajstić information content (AvgIpc) is 3.36. The molecule has 1 aliphatic carbocycles. The maximum atomic E-state index is 12.2. The summed E-state index contributed by atoms with van der Waals surface area (Å²) in [6, 6.07) is 12.7. The lowest BCUT2D eigenvalue weighted by Crippen LogP contribution is -2.12. The summed E-state index contributed by atoms with van der Waals surface area (Å²) in [5.74, 6) is 1.41. The number of hydrogen-bond acceptors (Lipinski definition) is 6. The van der Waals surface area contributed by atoms with Gasteiger partial charge in [0.1, 0.15) is 10.8 Å². The van der Waals surface area contributed by atoms with Crippen LogP contribution in [0.15, 0.2) is 48.7 Å². The number of carbonyl (C=O) groups is 1. The van der Waals surface area contributed by atoms with E-state index in [1.54, 1.807) is 12.1 Å². The standard InChI is InChI=1S/C17H14N4O2S/c22-15(19-17-21-20-16(24-17)11-6-7-11)12-8-9-14(18-10-12)23-13-4-2-1-3-5-13/h1-5,8-11H,6-7H2,(H,19,21,22). The lowest BCUT2D eigenvalue weighted by Gasteiger charge is -2.05. The minimum absolute atomic E-state index is 0.257. The minimum atomic E-state index is -0.257. The molecule has 4 rings (SSSR count). The molecule has 1 amide bonds. The first kappa shape index (κ1) is 14.8. The highest BCUT2D eigenvalue weighted by atomic mass is 32.1. The normalized spacial score (nSPS) is 13.5. The largest absolute Gasteiger partial charge is 0.439 e. The van der Waals surface area contributed by atoms with Gasteiger partial charge in [-0.15, -0.1) is 10.2 Å². The lowest BCUT2D eigenvalue weighted by atomic mass is 10.3. The Morgan fingerprint density at radius 1 is 1.12 bits per heavy atom. The van der Waals surface area contributed by atoms with Crippen LogP contribution in [0.2, 0.25) is 0 Å². The quantitative estimate of drug-likeness (QED) is 0.764. The molecule has 0 unspecified atom stereocenters. The Morgan fingerprint density at radius 2 is 1.96 bits per heavy atom. The summed E-state index contributed by atoms with van der Waals surface area (Å²) >= 11 is 1.43. The van der Waals surface area contributed by atoms with Crippen LogP contribution in [0.5, 0.6) is 11.6 Å². The van der Waals surface area contributed by atoms with Gasteiger partial charge in [-0.05, 0) is 31.0 Å². The molecule has 1 saturated carbocycles. The molecule has 6 nitrogen and oxygen atoms in total. The number of rotatable bonds is 5. The summed E-state index contributed by atoms with van der Waals surface area (Å²) in [6.07, 6.45) is 3.81. The topological polar surface area (TPSA) is 77.0 Å². The average molecular weight is 338 g/mol. The van der Waals surface area contributed by atoms with E-state index in [4.69, 9.17) is 4.74 Å². The number of carbonyl (C=O) groups excluding carboxylic acids is 1. The van der Waals surface area contributed by atoms with Crippen LogP contribution in [0.25, 0.3) is 0 Å². The van der Waals surface area contributed by atoms with Crippen LogP contribution >= 0.6 is 11.3 Å². The van der Waals surface area contributed by atoms with Crippen LogP contribution in [0.4, 0.5) is 5.13 Å². The number of pyridine rings is 1. The van der Waals surface area contributed by atoms with Crippen molar-refractivity contribution in [2.75, 3.05) is 5.32 Å². The van der Waals surface area contributed by atoms with Gasteiger partial charge >= 0.3 is 0 Å². The van der Waals surface area contributed by atoms with Crippen LogP contribution < -0.4 is 10.1 Å². The molecule has 1 N–H and O–H groups in total. The monoisotopic (exact) mass is 338 g/mol. The van der Waals surface area contributed by atoms with E-state index in [0.717, 1.165) is 17.8 Å². The molecule has 120 valence electrons. The summed E-state index contributed by atoms with van der Waals surface area (Å²) in [5.41, 5.74) is 0.443. The van der Waals surface area contributed by atoms with Crippen molar-refractivity contribution in [3.63, 3.8) is 0 Å². The summed E-state index contributed by atoms with van der Waals surface area (Å²) in [7, 11) is 0. The highest BCUT2D eigenvalue weighted by molar-refractivity contribution is 7.15. The Balaban J connectivity index is 1.40. The van der Waals surface area contributed by atoms with Crippen LogP contribution in [0.1, 0.15) is 34.1 Å². The van der Waals surface area contributed by atoms with Crippen LogP contribution in [-0.4, -0.2) is 21.1 Å². The Hall–Kier alpha value is -2.80. The van der Waals surface area contributed by atoms with Gasteiger partial charge in [-0.3, -0.25) is 10.1 Å². The fourth-order valence-corrected chi connectivity index (χ4v) is 3.04. The first-order valence-corrected chi connectivity index (χ1v) is 8.43. The molecule has 2 heterocycles. The van der Waals surface area contributed by atoms with Crippen molar-refractivity contribution >= 4 is 22.4 Å². The fourth-order valence-electron chi connectivity index (χ4n) is 2.13. The molecule has 0 saturated heterocycles. The van der Waals surface area contributed by atoms with Crippen LogP contribution in [-0.2, 0) is 0 Å². The summed E-state index contributed by atoms with van der Waals surface area (Å²) in [5, 5.41) is 12.4. The predicted octanol–water partition coefficient (Wildman–Crippen LogP) is 3.86. The van der Waals surface area contributed by atoms with Crippen molar-refractivity contribution in [1.29, 1.82) is 0 Å². The zero-order valence-corrected chi connectivity index (χ0v) is 13.5. The van der Waals surface area contributed by atoms with Crippen molar-refractivity contribution in [1.82, 2.24) is 15.2 Å². The third-order valence-corrected chi connectivity index (χ3v) is 4.55. The molecule has 24 heavy (non-hydrogen) atoms. The maximum Gasteiger partial charge on any atom is 0.259 e. The second-order valence-corrected chi connectivity index (χ2v) is 6.48. The molecule has 0 atom stereocenters. The molecular formula is C17H14N4O2S. The van der Waals surface area contributed by atoms with Crippen molar-refractivity contribution in [3.05, 3.63) is 59.2 Å². The Morgan fingerprint density at radius 3 is 2.67 bits per heavy atom. The van der Waals surface area contributed by atoms with E-state index in [0.29, 0.717) is 28.2 Å². The smallest absolute Gasteiger partial charge is 0.259 e. The molecule has 3 aromatic rings. The van der Waals surface area contributed by atoms with Gasteiger partial charge in [0, 0.05) is 18.2 Å². The molecule has 1 aliphatic rings. The molecule has 1 fully saturated rings. The van der Waals surface area contributed by atoms with Gasteiger partial charge < -0.3 is 4.74 Å². The van der Waals surface area contributed by atoms with Gasteiger partial charge in [0.05, 0.1) is 5.56 Å². The highest BCUT2D eigenvalue weighted by Crippen LogP contribution is 2.42. The van der Waals surface area contributed by atoms with Gasteiger partial charge in [0.15, 0.2) is 0 Å². The molecule has 0 aliphatic heterocycles. The Bertz CT molecular complexity index is 845. The zero-order valence-electron chi connectivity index (χ0n) is 12.7. The third kappa shape index (κ3) is 3.41. The molecule has 0 radical (unpaired) electrons. The fraction of sp³-hybridized carbons (Fsp3) is 0.176. The highest BCUT2D eigenvalue weighted by Gasteiger charge is 2.27. The number of para-hydroxylation sites is 1. The number of anilines is 1. The summed E-state index contributed by atoms with van der Waals surface area (Å²) < 4.78 is 5.60. The van der Waals surface area contributed by atoms with Crippen molar-refractivity contribution in [2.45, 2.75) is 18.8 Å². The van der Waals surface area contributed by atoms with E-state index < -0.39 is 0 Å². The third-order valence-electron chi connectivity index (χ3n) is 3.55. The number of amides is 1. The van der Waals surface area contributed by atoms with E-state index in [9.17, 15) is 4.79 Å². The number of nitrogens with zero attached hydrogens (tertiary/aromatic N) is 3. The van der Waals surface area contributed by atoms with Gasteiger partial charge in [-0.25, -0.2) is 4.98 Å². The first-order chi connectivity index (χ1) is 11.8. The molecule has 0 bridgehead atoms. The van der Waals surface area contributed by atoms with Gasteiger partial charge in [-0.1, -0.05) is 29.5 Å². The van der Waals surface area contributed by atoms with Crippen molar-refractivity contribution < 1.29 is 9.53 Å². The number of hydrogen-bond donors (Lipinski definition) is 1. The van der Waals surface area contributed by atoms with E-state index in [1.807, 2.05) is 30.3 Å². The van der Waals surface area contributed by atoms with Crippen molar-refractivity contribution in [2.24, 2.45) is 0 Å². The van der Waals surface area contributed by atoms with Crippen molar-refractivity contribution in [3.8, 4) is 11.6 Å². The first-order valence-electron chi connectivity index (χ1n) is 7.61. The van der Waals surface area contributed by atoms with Gasteiger partial charge in [0.2, 0.25) is 11.0 Å². The van der Waals surface area contributed by atoms with Gasteiger partial charge in [-0.2, -0.15) is 0 Å². The number of nitrogens with one attached hydrogen (secondary N) is 1. The second kappa shape index (κ2) is 6.37. The van der Waals surface area contributed by atoms with E-state index >= 15 is 0 Å². The van der Waals surface area contributed by atoms with Crippen LogP contribution in [0.3, 0.4) is 0 Å². The predicted molar refractivity (Wildman–Crippen MR) is 90.6 cm³/mol.